The molecule has 114 heavy (non-hydrogen) atoms. The first kappa shape index (κ1) is 85.0. The zero-order chi connectivity index (χ0) is 81.9. The second-order valence-electron chi connectivity index (χ2n) is 30.5. The van der Waals surface area contributed by atoms with Gasteiger partial charge in [-0.2, -0.15) is 35.0 Å². The molecule has 2 atom stereocenters. The SMILES string of the molecule is C=C(CCOC)Nc1ccc2c(-c3cccc(C(N)=S)c3)cn(C3CCC(F)(F)CC3)c2c1.CN1CC(C(=O)CCc2ccc3c(-c4cccc(C(N)=S)c4)cn(C4CCN(S(=O)(=O)C(F)(F)F)CC4)c3c2)C1.C[C@@H]1CNC(C(=O)CCc2ccc3c(-c4cccc(C(N)=S)c4)cn(C4CCN(S(=O)(=O)C(F)(F)F)CC4)c3c2)C1. The lowest BCUT2D eigenvalue weighted by molar-refractivity contribution is -0.127. The maximum Gasteiger partial charge on any atom is 0.511 e. The molecule has 0 radical (unpaired) electrons. The van der Waals surface area contributed by atoms with Gasteiger partial charge in [-0.3, -0.25) is 9.59 Å². The van der Waals surface area contributed by atoms with Gasteiger partial charge in [0, 0.05) is 193 Å². The zero-order valence-corrected chi connectivity index (χ0v) is 67.5. The number of sulfonamides is 2. The number of halogens is 8. The number of Topliss-reactive ketones (excluding diaryl/α,β-unsaturated/α-hetero) is 2. The molecule has 8 N–H and O–H groups in total. The molecule has 5 aliphatic rings. The molecule has 1 saturated carbocycles. The summed E-state index contributed by atoms with van der Waals surface area (Å²) in [7, 11) is -7.08. The number of carbonyl (C=O) groups excluding carboxylic acids is 2. The highest BCUT2D eigenvalue weighted by Gasteiger charge is 2.52. The van der Waals surface area contributed by atoms with E-state index >= 15 is 0 Å². The van der Waals surface area contributed by atoms with E-state index in [0.29, 0.717) is 76.6 Å². The van der Waals surface area contributed by atoms with Crippen molar-refractivity contribution >= 4 is 122 Å². The molecular formula is C83H93F8N11O7S5. The van der Waals surface area contributed by atoms with Crippen molar-refractivity contribution in [3.8, 4) is 33.4 Å². The quantitative estimate of drug-likeness (QED) is 0.0279. The van der Waals surface area contributed by atoms with E-state index in [2.05, 4.69) is 51.9 Å². The summed E-state index contributed by atoms with van der Waals surface area (Å²) >= 11 is 15.5. The fourth-order valence-electron chi connectivity index (χ4n) is 16.1. The number of nitrogens with zero attached hydrogens (tertiary/aromatic N) is 6. The van der Waals surface area contributed by atoms with Crippen LogP contribution in [-0.4, -0.2) is 160 Å². The lowest BCUT2D eigenvalue weighted by Crippen LogP contribution is -2.47. The Morgan fingerprint density at radius 1 is 0.570 bits per heavy atom. The van der Waals surface area contributed by atoms with Gasteiger partial charge in [0.25, 0.3) is 0 Å². The van der Waals surface area contributed by atoms with E-state index in [4.69, 9.17) is 58.6 Å². The van der Waals surface area contributed by atoms with Crippen molar-refractivity contribution in [1.29, 1.82) is 0 Å². The van der Waals surface area contributed by atoms with Gasteiger partial charge < -0.3 is 51.2 Å². The van der Waals surface area contributed by atoms with Gasteiger partial charge in [-0.1, -0.05) is 135 Å². The molecule has 1 unspecified atom stereocenters. The summed E-state index contributed by atoms with van der Waals surface area (Å²) in [5, 5.41) is 9.58. The Balaban J connectivity index is 0.000000159. The van der Waals surface area contributed by atoms with Crippen LogP contribution < -0.4 is 27.8 Å². The number of piperidine rings is 2. The number of fused-ring (bicyclic) bond motifs is 3. The molecule has 31 heteroatoms. The first-order valence-corrected chi connectivity index (χ1v) is 42.1. The normalized spacial score (nSPS) is 18.6. The minimum Gasteiger partial charge on any atom is -0.389 e. The monoisotopic (exact) mass is 1670 g/mol. The second-order valence-corrected chi connectivity index (χ2v) is 35.7. The van der Waals surface area contributed by atoms with Crippen molar-refractivity contribution in [3.05, 3.63) is 186 Å². The number of ether oxygens (including phenoxy) is 1. The number of nitrogens with one attached hydrogen (secondary N) is 2. The third-order valence-corrected chi connectivity index (χ3v) is 26.5. The molecule has 0 bridgehead atoms. The predicted octanol–water partition coefficient (Wildman–Crippen LogP) is 16.1. The number of ketones is 2. The standard InChI is InChI=1S/C29H33F3N4O3S2.C28H31F3N4O3S2.C26H29F2N3OS/c1-18-13-25(34-16-18)27(37)8-6-19-5-7-23-24(20-3-2-4-21(15-20)28(33)40)17-36(26(23)14-19)22-9-11-35(12-10-22)41(38,39)29(30,31)32;1-33-15-21(16-33)26(36)8-6-18-5-7-23-24(19-3-2-4-20(14-19)27(32)39)17-35(25(23)13-18)22-9-11-34(12-10-22)40(37,38)28(29,30)31;1-17(10-13-32-2)30-20-6-7-22-23(18-4-3-5-19(14-18)25(29)33)16-31(24(22)15-20)21-8-11-26(27,28)12-9-21/h2-5,7,14-15,17-18,22,25,34H,6,8-13,16H2,1H3,(H2,33,40);2-5,7,13-14,17,21-22H,6,8-12,15-16H2,1H3,(H2,32,39);3-7,14-16,21,30H,1,8-13H2,2H3,(H2,29,33)/t18-,25?;;/m0../s1. The summed E-state index contributed by atoms with van der Waals surface area (Å²) < 4.78 is 167. The highest BCUT2D eigenvalue weighted by molar-refractivity contribution is 7.90. The number of alkyl halides is 8. The van der Waals surface area contributed by atoms with Gasteiger partial charge in [-0.15, -0.1) is 0 Å². The molecule has 3 aromatic heterocycles. The van der Waals surface area contributed by atoms with Gasteiger partial charge >= 0.3 is 31.1 Å². The predicted molar refractivity (Wildman–Crippen MR) is 444 cm³/mol. The Morgan fingerprint density at radius 3 is 1.34 bits per heavy atom. The molecule has 608 valence electrons. The van der Waals surface area contributed by atoms with Crippen LogP contribution in [0.15, 0.2) is 158 Å². The van der Waals surface area contributed by atoms with Crippen LogP contribution in [0.1, 0.15) is 130 Å². The van der Waals surface area contributed by atoms with E-state index in [9.17, 15) is 61.5 Å². The molecule has 5 fully saturated rings. The molecule has 4 aliphatic heterocycles. The molecule has 9 aromatic rings. The number of likely N-dealkylation sites (tertiary alicyclic amines) is 1. The first-order valence-electron chi connectivity index (χ1n) is 38.0. The van der Waals surface area contributed by atoms with Crippen molar-refractivity contribution in [3.63, 3.8) is 0 Å². The number of benzene rings is 6. The van der Waals surface area contributed by atoms with Crippen LogP contribution >= 0.6 is 36.7 Å². The van der Waals surface area contributed by atoms with Gasteiger partial charge in [-0.25, -0.2) is 25.6 Å². The Hall–Kier alpha value is -8.37. The van der Waals surface area contributed by atoms with Gasteiger partial charge in [-0.05, 0) is 148 Å². The summed E-state index contributed by atoms with van der Waals surface area (Å²) in [6, 6.07) is 40.7. The van der Waals surface area contributed by atoms with Crippen LogP contribution in [0.25, 0.3) is 66.1 Å². The fourth-order valence-corrected chi connectivity index (χ4v) is 18.5. The van der Waals surface area contributed by atoms with Gasteiger partial charge in [0.05, 0.1) is 18.2 Å². The molecule has 7 heterocycles. The number of anilines is 1. The van der Waals surface area contributed by atoms with Crippen LogP contribution in [-0.2, 0) is 47.2 Å². The Kier molecular flexibility index (Phi) is 26.3. The van der Waals surface area contributed by atoms with E-state index in [1.165, 1.54) is 0 Å². The van der Waals surface area contributed by atoms with Crippen LogP contribution in [0.5, 0.6) is 0 Å². The minimum atomic E-state index is -5.37. The Bertz CT molecular complexity index is 5340. The maximum atomic E-state index is 13.8. The molecule has 6 aromatic carbocycles. The Labute approximate surface area is 674 Å². The molecule has 0 spiro atoms. The number of hydrogen-bond donors (Lipinski definition) is 5. The minimum absolute atomic E-state index is 0.0200. The van der Waals surface area contributed by atoms with E-state index in [1.54, 1.807) is 7.11 Å². The number of hydrogen-bond acceptors (Lipinski definition) is 13. The third-order valence-electron chi connectivity index (χ3n) is 22.5. The first-order chi connectivity index (χ1) is 54.0. The number of carbonyl (C=O) groups is 2. The number of aromatic nitrogens is 3. The topological polar surface area (TPSA) is 238 Å². The Morgan fingerprint density at radius 2 is 0.965 bits per heavy atom. The molecule has 14 rings (SSSR count). The number of rotatable bonds is 24. The third kappa shape index (κ3) is 19.3. The smallest absolute Gasteiger partial charge is 0.389 e. The number of thiocarbonyl (C=S) groups is 3. The lowest BCUT2D eigenvalue weighted by Gasteiger charge is -2.35. The molecule has 18 nitrogen and oxygen atoms in total. The molecule has 0 amide bonds. The fraction of sp³-hybridized carbons (Fsp3) is 0.410. The summed E-state index contributed by atoms with van der Waals surface area (Å²) in [4.78, 5) is 28.4. The van der Waals surface area contributed by atoms with Gasteiger partial charge in [0.1, 0.15) is 26.5 Å². The summed E-state index contributed by atoms with van der Waals surface area (Å²) in [6.45, 7) is 8.32. The number of nitrogens with two attached hydrogens (primary N) is 3. The second kappa shape index (κ2) is 35.2. The molecular weight excluding hydrogens is 1580 g/mol. The molecule has 1 aliphatic carbocycles. The van der Waals surface area contributed by atoms with Crippen molar-refractivity contribution in [2.75, 3.05) is 71.9 Å². The van der Waals surface area contributed by atoms with Crippen LogP contribution in [0.2, 0.25) is 0 Å². The highest BCUT2D eigenvalue weighted by atomic mass is 32.2. The van der Waals surface area contributed by atoms with Crippen LogP contribution in [0, 0.1) is 11.8 Å². The summed E-state index contributed by atoms with van der Waals surface area (Å²) in [6.07, 6.45) is 11.3. The van der Waals surface area contributed by atoms with Crippen LogP contribution in [0.3, 0.4) is 0 Å². The van der Waals surface area contributed by atoms with Gasteiger partial charge in [0.2, 0.25) is 5.92 Å². The largest absolute Gasteiger partial charge is 0.511 e. The van der Waals surface area contributed by atoms with E-state index in [0.717, 1.165) is 126 Å². The van der Waals surface area contributed by atoms with E-state index < -0.39 is 37.0 Å². The van der Waals surface area contributed by atoms with Crippen LogP contribution in [0.4, 0.5) is 40.8 Å². The number of aryl methyl sites for hydroxylation is 2. The highest BCUT2D eigenvalue weighted by Crippen LogP contribution is 2.45. The van der Waals surface area contributed by atoms with Crippen molar-refractivity contribution in [1.82, 2.24) is 32.5 Å². The van der Waals surface area contributed by atoms with E-state index in [1.807, 2.05) is 144 Å². The lowest BCUT2D eigenvalue weighted by atomic mass is 9.92. The van der Waals surface area contributed by atoms with E-state index in [-0.39, 0.29) is 116 Å². The van der Waals surface area contributed by atoms with Crippen molar-refractivity contribution < 1.29 is 66.3 Å². The maximum absolute atomic E-state index is 13.8. The number of methoxy groups -OCH3 is 1. The van der Waals surface area contributed by atoms with Crippen molar-refractivity contribution in [2.24, 2.45) is 29.0 Å². The average molecular weight is 1670 g/mol. The van der Waals surface area contributed by atoms with Gasteiger partial charge in [0.15, 0.2) is 0 Å². The zero-order valence-electron chi connectivity index (χ0n) is 63.4. The molecule has 4 saturated heterocycles. The average Bonchev–Trinajstić information content (AvgIpc) is 1.60. The summed E-state index contributed by atoms with van der Waals surface area (Å²) in [5.41, 5.74) is 21.3. The summed E-state index contributed by atoms with van der Waals surface area (Å²) in [5.74, 6) is -1.56. The van der Waals surface area contributed by atoms with Crippen molar-refractivity contribution in [2.45, 2.75) is 138 Å².